The maximum atomic E-state index is 12.5. The van der Waals surface area contributed by atoms with Gasteiger partial charge in [0.25, 0.3) is 0 Å². The summed E-state index contributed by atoms with van der Waals surface area (Å²) in [5.74, 6) is 0.724. The molecule has 0 spiro atoms. The average Bonchev–Trinajstić information content (AvgIpc) is 2.33. The van der Waals surface area contributed by atoms with Gasteiger partial charge >= 0.3 is 0 Å². The number of amides is 1. The summed E-state index contributed by atoms with van der Waals surface area (Å²) in [7, 11) is 0. The maximum absolute atomic E-state index is 12.5. The van der Waals surface area contributed by atoms with E-state index >= 15 is 0 Å². The van der Waals surface area contributed by atoms with Gasteiger partial charge in [0.2, 0.25) is 5.91 Å². The van der Waals surface area contributed by atoms with Gasteiger partial charge in [-0.3, -0.25) is 4.79 Å². The fraction of sp³-hybridized carbons (Fsp3) is 0.938. The van der Waals surface area contributed by atoms with E-state index < -0.39 is 0 Å². The minimum atomic E-state index is -0.00771. The Morgan fingerprint density at radius 3 is 2.63 bits per heavy atom. The van der Waals surface area contributed by atoms with Gasteiger partial charge in [-0.2, -0.15) is 0 Å². The second kappa shape index (κ2) is 6.74. The van der Waals surface area contributed by atoms with Gasteiger partial charge in [-0.25, -0.2) is 0 Å². The lowest BCUT2D eigenvalue weighted by Crippen LogP contribution is -2.52. The van der Waals surface area contributed by atoms with Crippen LogP contribution in [0.5, 0.6) is 0 Å². The van der Waals surface area contributed by atoms with Crippen molar-refractivity contribution in [2.45, 2.75) is 78.8 Å². The van der Waals surface area contributed by atoms with Crippen LogP contribution in [0.2, 0.25) is 0 Å². The second-order valence-corrected chi connectivity index (χ2v) is 6.96. The average molecular weight is 268 g/mol. The molecule has 3 nitrogen and oxygen atoms in total. The summed E-state index contributed by atoms with van der Waals surface area (Å²) in [5.41, 5.74) is 6.14. The van der Waals surface area contributed by atoms with Gasteiger partial charge in [-0.05, 0) is 37.5 Å². The summed E-state index contributed by atoms with van der Waals surface area (Å²) in [6, 6.07) is 0.519. The summed E-state index contributed by atoms with van der Waals surface area (Å²) in [6.45, 7) is 10.9. The maximum Gasteiger partial charge on any atom is 0.223 e. The molecule has 3 heteroatoms. The molecular formula is C16H32N2O. The van der Waals surface area contributed by atoms with Crippen LogP contribution in [0.4, 0.5) is 0 Å². The molecule has 1 aliphatic carbocycles. The predicted octanol–water partition coefficient (Wildman–Crippen LogP) is 3.08. The molecule has 0 aromatic rings. The Balaban J connectivity index is 2.61. The van der Waals surface area contributed by atoms with Crippen LogP contribution in [0, 0.1) is 17.3 Å². The fourth-order valence-electron chi connectivity index (χ4n) is 3.25. The minimum Gasteiger partial charge on any atom is -0.353 e. The van der Waals surface area contributed by atoms with Crippen LogP contribution in [-0.2, 0) is 4.79 Å². The largest absolute Gasteiger partial charge is 0.353 e. The highest BCUT2D eigenvalue weighted by Crippen LogP contribution is 2.44. The number of nitrogens with one attached hydrogen (secondary N) is 1. The summed E-state index contributed by atoms with van der Waals surface area (Å²) >= 11 is 0. The molecule has 0 aliphatic heterocycles. The first-order valence-corrected chi connectivity index (χ1v) is 7.86. The lowest BCUT2D eigenvalue weighted by Gasteiger charge is -2.46. The Morgan fingerprint density at radius 1 is 1.42 bits per heavy atom. The highest BCUT2D eigenvalue weighted by Gasteiger charge is 2.45. The highest BCUT2D eigenvalue weighted by atomic mass is 16.2. The van der Waals surface area contributed by atoms with Gasteiger partial charge in [-0.1, -0.05) is 40.5 Å². The molecule has 0 saturated heterocycles. The number of carbonyl (C=O) groups is 1. The van der Waals surface area contributed by atoms with Crippen molar-refractivity contribution in [3.05, 3.63) is 0 Å². The van der Waals surface area contributed by atoms with Crippen molar-refractivity contribution in [3.63, 3.8) is 0 Å². The van der Waals surface area contributed by atoms with E-state index in [1.807, 2.05) is 0 Å². The molecule has 112 valence electrons. The molecule has 1 fully saturated rings. The lowest BCUT2D eigenvalue weighted by atomic mass is 9.61. The fourth-order valence-corrected chi connectivity index (χ4v) is 3.25. The molecule has 1 amide bonds. The van der Waals surface area contributed by atoms with Crippen molar-refractivity contribution >= 4 is 5.91 Å². The van der Waals surface area contributed by atoms with Gasteiger partial charge in [-0.15, -0.1) is 0 Å². The minimum absolute atomic E-state index is 0.00771. The Hall–Kier alpha value is -0.570. The van der Waals surface area contributed by atoms with Crippen LogP contribution in [0.25, 0.3) is 0 Å². The van der Waals surface area contributed by atoms with E-state index in [-0.39, 0.29) is 29.3 Å². The molecule has 4 atom stereocenters. The first-order chi connectivity index (χ1) is 8.80. The first kappa shape index (κ1) is 16.5. The molecule has 1 aliphatic rings. The third-order valence-electron chi connectivity index (χ3n) is 5.20. The van der Waals surface area contributed by atoms with Crippen molar-refractivity contribution in [2.24, 2.45) is 23.0 Å². The van der Waals surface area contributed by atoms with Crippen molar-refractivity contribution in [2.75, 3.05) is 0 Å². The van der Waals surface area contributed by atoms with E-state index in [2.05, 4.69) is 39.9 Å². The van der Waals surface area contributed by atoms with Gasteiger partial charge < -0.3 is 11.1 Å². The van der Waals surface area contributed by atoms with E-state index in [4.69, 9.17) is 5.73 Å². The molecule has 0 aromatic carbocycles. The van der Waals surface area contributed by atoms with E-state index in [9.17, 15) is 4.79 Å². The van der Waals surface area contributed by atoms with Gasteiger partial charge in [0.1, 0.15) is 0 Å². The number of rotatable bonds is 5. The first-order valence-electron chi connectivity index (χ1n) is 7.86. The van der Waals surface area contributed by atoms with Gasteiger partial charge in [0, 0.05) is 18.0 Å². The van der Waals surface area contributed by atoms with Crippen molar-refractivity contribution < 1.29 is 4.79 Å². The molecule has 0 aromatic heterocycles. The Kier molecular flexibility index (Phi) is 5.84. The number of unbranched alkanes of at least 4 members (excludes halogenated alkanes) is 1. The number of hydrogen-bond donors (Lipinski definition) is 2. The monoisotopic (exact) mass is 268 g/mol. The smallest absolute Gasteiger partial charge is 0.223 e. The van der Waals surface area contributed by atoms with Crippen molar-refractivity contribution in [1.82, 2.24) is 5.32 Å². The SMILES string of the molecule is CCCCC(C)NC(=O)C1CCC(N)C(C)C1(C)C. The molecule has 1 rings (SSSR count). The predicted molar refractivity (Wildman–Crippen MR) is 80.8 cm³/mol. The lowest BCUT2D eigenvalue weighted by molar-refractivity contribution is -0.133. The van der Waals surface area contributed by atoms with Crippen molar-refractivity contribution in [3.8, 4) is 0 Å². The molecule has 3 N–H and O–H groups in total. The molecule has 0 bridgehead atoms. The van der Waals surface area contributed by atoms with Gasteiger partial charge in [0.05, 0.1) is 0 Å². The Labute approximate surface area is 118 Å². The zero-order valence-corrected chi connectivity index (χ0v) is 13.3. The Bertz CT molecular complexity index is 301. The third kappa shape index (κ3) is 3.95. The third-order valence-corrected chi connectivity index (χ3v) is 5.20. The number of carbonyl (C=O) groups excluding carboxylic acids is 1. The molecule has 4 unspecified atom stereocenters. The molecular weight excluding hydrogens is 236 g/mol. The summed E-state index contributed by atoms with van der Waals surface area (Å²) in [6.07, 6.45) is 5.32. The van der Waals surface area contributed by atoms with E-state index in [1.54, 1.807) is 0 Å². The van der Waals surface area contributed by atoms with E-state index in [0.717, 1.165) is 19.3 Å². The molecule has 19 heavy (non-hydrogen) atoms. The standard InChI is InChI=1S/C16H32N2O/c1-6-7-8-11(2)18-15(19)13-9-10-14(17)12(3)16(13,4)5/h11-14H,6-10,17H2,1-5H3,(H,18,19). The highest BCUT2D eigenvalue weighted by molar-refractivity contribution is 5.79. The van der Waals surface area contributed by atoms with Crippen LogP contribution >= 0.6 is 0 Å². The molecule has 0 heterocycles. The number of nitrogens with two attached hydrogens (primary N) is 1. The number of hydrogen-bond acceptors (Lipinski definition) is 2. The second-order valence-electron chi connectivity index (χ2n) is 6.96. The normalized spacial score (nSPS) is 31.8. The topological polar surface area (TPSA) is 55.1 Å². The molecule has 1 saturated carbocycles. The van der Waals surface area contributed by atoms with Crippen LogP contribution < -0.4 is 11.1 Å². The summed E-state index contributed by atoms with van der Waals surface area (Å²) in [5, 5.41) is 3.20. The zero-order valence-electron chi connectivity index (χ0n) is 13.3. The van der Waals surface area contributed by atoms with Crippen molar-refractivity contribution in [1.29, 1.82) is 0 Å². The van der Waals surface area contributed by atoms with E-state index in [0.29, 0.717) is 5.92 Å². The van der Waals surface area contributed by atoms with Gasteiger partial charge in [0.15, 0.2) is 0 Å². The van der Waals surface area contributed by atoms with Crippen LogP contribution in [0.3, 0.4) is 0 Å². The zero-order chi connectivity index (χ0) is 14.6. The summed E-state index contributed by atoms with van der Waals surface area (Å²) < 4.78 is 0. The Morgan fingerprint density at radius 2 is 2.05 bits per heavy atom. The van der Waals surface area contributed by atoms with Crippen LogP contribution in [0.1, 0.15) is 66.7 Å². The quantitative estimate of drug-likeness (QED) is 0.805. The van der Waals surface area contributed by atoms with Crippen LogP contribution in [-0.4, -0.2) is 18.0 Å². The van der Waals surface area contributed by atoms with Crippen LogP contribution in [0.15, 0.2) is 0 Å². The molecule has 0 radical (unpaired) electrons. The van der Waals surface area contributed by atoms with E-state index in [1.165, 1.54) is 12.8 Å². The summed E-state index contributed by atoms with van der Waals surface area (Å²) in [4.78, 5) is 12.5.